The smallest absolute Gasteiger partial charge is 0.315 e. The van der Waals surface area contributed by atoms with E-state index in [0.29, 0.717) is 27.6 Å². The minimum atomic E-state index is -0.412. The molecule has 1 aliphatic rings. The molecule has 0 saturated carbocycles. The van der Waals surface area contributed by atoms with E-state index < -0.39 is 5.97 Å². The topological polar surface area (TPSA) is 52.6 Å². The fourth-order valence-electron chi connectivity index (χ4n) is 4.03. The van der Waals surface area contributed by atoms with Crippen molar-refractivity contribution in [3.05, 3.63) is 124 Å². The monoisotopic (exact) mass is 480 g/mol. The van der Waals surface area contributed by atoms with Crippen LogP contribution in [0.5, 0.6) is 11.5 Å². The number of rotatable bonds is 5. The molecule has 4 nitrogen and oxygen atoms in total. The highest BCUT2D eigenvalue weighted by Crippen LogP contribution is 2.37. The molecule has 0 N–H and O–H groups in total. The number of fused-ring (bicyclic) bond motifs is 1. The van der Waals surface area contributed by atoms with E-state index in [4.69, 9.17) is 21.1 Å². The summed E-state index contributed by atoms with van der Waals surface area (Å²) < 4.78 is 11.4. The number of allylic oxidation sites excluding steroid dienone is 1. The number of carbonyl (C=O) groups is 2. The number of hydrogen-bond donors (Lipinski definition) is 0. The Morgan fingerprint density at radius 1 is 0.914 bits per heavy atom. The molecule has 0 aliphatic carbocycles. The van der Waals surface area contributed by atoms with Crippen LogP contribution in [0.4, 0.5) is 0 Å². The van der Waals surface area contributed by atoms with Crippen molar-refractivity contribution < 1.29 is 19.1 Å². The fraction of sp³-hybridized carbons (Fsp3) is 0.0667. The van der Waals surface area contributed by atoms with E-state index in [0.717, 1.165) is 22.3 Å². The van der Waals surface area contributed by atoms with Crippen LogP contribution < -0.4 is 9.47 Å². The number of halogens is 1. The zero-order valence-corrected chi connectivity index (χ0v) is 19.7. The van der Waals surface area contributed by atoms with Gasteiger partial charge >= 0.3 is 5.97 Å². The van der Waals surface area contributed by atoms with Gasteiger partial charge in [0.25, 0.3) is 0 Å². The summed E-state index contributed by atoms with van der Waals surface area (Å²) in [5.41, 5.74) is 5.04. The maximum Gasteiger partial charge on any atom is 0.315 e. The van der Waals surface area contributed by atoms with Crippen molar-refractivity contribution in [3.63, 3.8) is 0 Å². The number of ketones is 1. The first-order valence-corrected chi connectivity index (χ1v) is 11.5. The van der Waals surface area contributed by atoms with Crippen LogP contribution in [0.1, 0.15) is 27.0 Å². The average Bonchev–Trinajstić information content (AvgIpc) is 3.16. The van der Waals surface area contributed by atoms with E-state index in [1.807, 2.05) is 42.5 Å². The second kappa shape index (κ2) is 9.61. The molecule has 0 amide bonds. The molecule has 1 heterocycles. The van der Waals surface area contributed by atoms with Gasteiger partial charge in [-0.2, -0.15) is 0 Å². The van der Waals surface area contributed by atoms with Gasteiger partial charge < -0.3 is 9.47 Å². The van der Waals surface area contributed by atoms with Crippen LogP contribution in [-0.4, -0.2) is 11.8 Å². The third kappa shape index (κ3) is 5.03. The zero-order valence-electron chi connectivity index (χ0n) is 19.0. The minimum absolute atomic E-state index is 0.108. The largest absolute Gasteiger partial charge is 0.452 e. The van der Waals surface area contributed by atoms with Crippen LogP contribution in [0.2, 0.25) is 5.02 Å². The zero-order chi connectivity index (χ0) is 24.4. The van der Waals surface area contributed by atoms with E-state index in [2.05, 4.69) is 12.1 Å². The van der Waals surface area contributed by atoms with Crippen molar-refractivity contribution >= 4 is 29.4 Å². The van der Waals surface area contributed by atoms with Crippen LogP contribution in [0.15, 0.2) is 96.8 Å². The number of carbonyl (C=O) groups excluding carboxylic acids is 2. The average molecular weight is 481 g/mol. The summed E-state index contributed by atoms with van der Waals surface area (Å²) in [5.74, 6) is 0.354. The quantitative estimate of drug-likeness (QED) is 0.174. The number of aryl methyl sites for hydroxylation is 1. The molecule has 35 heavy (non-hydrogen) atoms. The lowest BCUT2D eigenvalue weighted by atomic mass is 10.0. The highest BCUT2D eigenvalue weighted by molar-refractivity contribution is 6.30. The van der Waals surface area contributed by atoms with Crippen molar-refractivity contribution in [1.29, 1.82) is 0 Å². The molecule has 0 saturated heterocycles. The van der Waals surface area contributed by atoms with Gasteiger partial charge in [-0.15, -0.1) is 0 Å². The predicted octanol–water partition coefficient (Wildman–Crippen LogP) is 7.08. The first-order chi connectivity index (χ1) is 17.0. The van der Waals surface area contributed by atoms with Crippen LogP contribution in [-0.2, 0) is 11.2 Å². The molecular weight excluding hydrogens is 460 g/mol. The van der Waals surface area contributed by atoms with Crippen molar-refractivity contribution in [2.24, 2.45) is 0 Å². The highest BCUT2D eigenvalue weighted by Gasteiger charge is 2.30. The van der Waals surface area contributed by atoms with E-state index in [9.17, 15) is 9.59 Å². The summed E-state index contributed by atoms with van der Waals surface area (Å²) in [7, 11) is 0. The van der Waals surface area contributed by atoms with Gasteiger partial charge in [0.15, 0.2) is 5.76 Å². The Balaban J connectivity index is 1.32. The molecule has 0 unspecified atom stereocenters. The fourth-order valence-corrected chi connectivity index (χ4v) is 4.15. The van der Waals surface area contributed by atoms with Gasteiger partial charge in [0.05, 0.1) is 12.0 Å². The number of hydrogen-bond acceptors (Lipinski definition) is 4. The molecule has 4 aromatic carbocycles. The van der Waals surface area contributed by atoms with E-state index in [1.165, 1.54) is 0 Å². The number of benzene rings is 4. The lowest BCUT2D eigenvalue weighted by Gasteiger charge is -2.08. The molecule has 0 fully saturated rings. The molecule has 5 heteroatoms. The van der Waals surface area contributed by atoms with E-state index >= 15 is 0 Å². The Morgan fingerprint density at radius 2 is 1.60 bits per heavy atom. The van der Waals surface area contributed by atoms with Crippen molar-refractivity contribution in [2.75, 3.05) is 0 Å². The first kappa shape index (κ1) is 22.6. The maximum absolute atomic E-state index is 13.0. The molecule has 0 bridgehead atoms. The van der Waals surface area contributed by atoms with Crippen LogP contribution >= 0.6 is 11.6 Å². The molecule has 0 aromatic heterocycles. The molecule has 0 spiro atoms. The standard InChI is InChI=1S/C30H21ClO4/c1-19-15-25(34-28(32)17-21-9-13-24(31)14-10-21)18-26-29(19)30(33)27(35-26)16-20-7-11-23(12-8-20)22-5-3-2-4-6-22/h2-16,18H,17H2,1H3/b27-16-. The Morgan fingerprint density at radius 3 is 2.31 bits per heavy atom. The molecule has 4 aromatic rings. The summed E-state index contributed by atoms with van der Waals surface area (Å²) in [4.78, 5) is 25.4. The first-order valence-electron chi connectivity index (χ1n) is 11.2. The third-order valence-electron chi connectivity index (χ3n) is 5.75. The van der Waals surface area contributed by atoms with Gasteiger partial charge in [-0.3, -0.25) is 9.59 Å². The summed E-state index contributed by atoms with van der Waals surface area (Å²) in [6, 6.07) is 28.3. The molecular formula is C30H21ClO4. The summed E-state index contributed by atoms with van der Waals surface area (Å²) >= 11 is 5.89. The van der Waals surface area contributed by atoms with Crippen molar-refractivity contribution in [1.82, 2.24) is 0 Å². The van der Waals surface area contributed by atoms with Gasteiger partial charge in [-0.25, -0.2) is 0 Å². The summed E-state index contributed by atoms with van der Waals surface area (Å²) in [6.07, 6.45) is 1.83. The van der Waals surface area contributed by atoms with Gasteiger partial charge in [-0.05, 0) is 59.0 Å². The van der Waals surface area contributed by atoms with E-state index in [-0.39, 0.29) is 18.0 Å². The highest BCUT2D eigenvalue weighted by atomic mass is 35.5. The van der Waals surface area contributed by atoms with Crippen LogP contribution in [0, 0.1) is 6.92 Å². The summed E-state index contributed by atoms with van der Waals surface area (Å²) in [6.45, 7) is 1.80. The second-order valence-corrected chi connectivity index (χ2v) is 8.75. The lowest BCUT2D eigenvalue weighted by molar-refractivity contribution is -0.133. The minimum Gasteiger partial charge on any atom is -0.452 e. The SMILES string of the molecule is Cc1cc(OC(=O)Cc2ccc(Cl)cc2)cc2c1C(=O)/C(=C/c1ccc(-c3ccccc3)cc1)O2. The van der Waals surface area contributed by atoms with Crippen molar-refractivity contribution in [2.45, 2.75) is 13.3 Å². The molecule has 0 atom stereocenters. The predicted molar refractivity (Wildman–Crippen MR) is 137 cm³/mol. The molecule has 0 radical (unpaired) electrons. The normalized spacial score (nSPS) is 13.4. The van der Waals surface area contributed by atoms with Crippen molar-refractivity contribution in [3.8, 4) is 22.6 Å². The number of esters is 1. The van der Waals surface area contributed by atoms with Gasteiger partial charge in [-0.1, -0.05) is 78.3 Å². The summed E-state index contributed by atoms with van der Waals surface area (Å²) in [5, 5.41) is 0.606. The van der Waals surface area contributed by atoms with Crippen LogP contribution in [0.25, 0.3) is 17.2 Å². The molecule has 1 aliphatic heterocycles. The molecule has 172 valence electrons. The van der Waals surface area contributed by atoms with Gasteiger partial charge in [0, 0.05) is 11.1 Å². The molecule has 5 rings (SSSR count). The van der Waals surface area contributed by atoms with Gasteiger partial charge in [0.2, 0.25) is 5.78 Å². The van der Waals surface area contributed by atoms with E-state index in [1.54, 1.807) is 49.4 Å². The lowest BCUT2D eigenvalue weighted by Crippen LogP contribution is -2.11. The van der Waals surface area contributed by atoms with Gasteiger partial charge in [0.1, 0.15) is 11.5 Å². The second-order valence-electron chi connectivity index (χ2n) is 8.32. The number of Topliss-reactive ketones (excluding diaryl/α,β-unsaturated/α-hetero) is 1. The number of ether oxygens (including phenoxy) is 2. The Bertz CT molecular complexity index is 1440. The Hall–Kier alpha value is -4.15. The van der Waals surface area contributed by atoms with Crippen LogP contribution in [0.3, 0.4) is 0 Å². The third-order valence-corrected chi connectivity index (χ3v) is 6.00. The Labute approximate surface area is 208 Å². The maximum atomic E-state index is 13.0. The Kier molecular flexibility index (Phi) is 6.21.